The van der Waals surface area contributed by atoms with E-state index in [4.69, 9.17) is 9.40 Å². The number of rotatable bonds is 4. The maximum atomic E-state index is 13.5. The van der Waals surface area contributed by atoms with Crippen molar-refractivity contribution in [2.75, 3.05) is 18.4 Å². The van der Waals surface area contributed by atoms with Gasteiger partial charge >= 0.3 is 0 Å². The Morgan fingerprint density at radius 2 is 1.88 bits per heavy atom. The number of carbonyl (C=O) groups is 1. The topological polar surface area (TPSA) is 84.2 Å². The van der Waals surface area contributed by atoms with Gasteiger partial charge in [0, 0.05) is 48.1 Å². The number of aryl methyl sites for hydroxylation is 4. The van der Waals surface area contributed by atoms with Crippen LogP contribution in [-0.2, 0) is 12.8 Å². The average Bonchev–Trinajstić information content (AvgIpc) is 3.14. The molecule has 0 radical (unpaired) electrons. The van der Waals surface area contributed by atoms with E-state index in [0.29, 0.717) is 12.5 Å². The van der Waals surface area contributed by atoms with E-state index in [-0.39, 0.29) is 11.8 Å². The van der Waals surface area contributed by atoms with Crippen molar-refractivity contribution >= 4 is 17.5 Å². The van der Waals surface area contributed by atoms with E-state index >= 15 is 0 Å². The Labute approximate surface area is 194 Å². The number of nitrogens with one attached hydrogen (secondary N) is 1. The SMILES string of the molecule is Cc1cc(C)nc(Nc2ccc(C3CCCN(C(=O)c4c(C)oc5c4CCCC5)C3)nc2)n1. The second-order valence-electron chi connectivity index (χ2n) is 9.30. The zero-order valence-corrected chi connectivity index (χ0v) is 19.6. The Bertz CT molecular complexity index is 1150. The molecule has 1 amide bonds. The van der Waals surface area contributed by atoms with Gasteiger partial charge in [-0.2, -0.15) is 0 Å². The molecule has 0 aromatic carbocycles. The molecule has 7 nitrogen and oxygen atoms in total. The fraction of sp³-hybridized carbons (Fsp3) is 0.462. The van der Waals surface area contributed by atoms with E-state index in [1.807, 2.05) is 44.0 Å². The summed E-state index contributed by atoms with van der Waals surface area (Å²) in [6.45, 7) is 7.33. The molecule has 1 saturated heterocycles. The van der Waals surface area contributed by atoms with E-state index in [1.165, 1.54) is 0 Å². The Balaban J connectivity index is 1.29. The molecule has 0 spiro atoms. The molecule has 4 heterocycles. The lowest BCUT2D eigenvalue weighted by Crippen LogP contribution is -2.39. The van der Waals surface area contributed by atoms with Gasteiger partial charge < -0.3 is 14.6 Å². The van der Waals surface area contributed by atoms with Crippen LogP contribution in [0.2, 0.25) is 0 Å². The average molecular weight is 446 g/mol. The minimum absolute atomic E-state index is 0.120. The minimum Gasteiger partial charge on any atom is -0.465 e. The van der Waals surface area contributed by atoms with E-state index < -0.39 is 0 Å². The van der Waals surface area contributed by atoms with Crippen LogP contribution in [0.4, 0.5) is 11.6 Å². The Kier molecular flexibility index (Phi) is 5.87. The molecule has 0 bridgehead atoms. The maximum absolute atomic E-state index is 13.5. The van der Waals surface area contributed by atoms with Gasteiger partial charge in [-0.05, 0) is 71.1 Å². The van der Waals surface area contributed by atoms with Crippen molar-refractivity contribution < 1.29 is 9.21 Å². The van der Waals surface area contributed by atoms with Gasteiger partial charge in [-0.15, -0.1) is 0 Å². The van der Waals surface area contributed by atoms with Crippen LogP contribution in [0.1, 0.15) is 76.1 Å². The summed E-state index contributed by atoms with van der Waals surface area (Å²) < 4.78 is 5.96. The van der Waals surface area contributed by atoms with Crippen LogP contribution in [0.25, 0.3) is 0 Å². The van der Waals surface area contributed by atoms with Crippen molar-refractivity contribution in [3.05, 3.63) is 64.1 Å². The highest BCUT2D eigenvalue weighted by molar-refractivity contribution is 5.97. The van der Waals surface area contributed by atoms with Crippen molar-refractivity contribution in [1.82, 2.24) is 19.9 Å². The molecule has 3 aromatic heterocycles. The summed E-state index contributed by atoms with van der Waals surface area (Å²) in [5, 5.41) is 3.24. The van der Waals surface area contributed by atoms with Crippen LogP contribution in [0.3, 0.4) is 0 Å². The van der Waals surface area contributed by atoms with Crippen molar-refractivity contribution in [1.29, 1.82) is 0 Å². The Morgan fingerprint density at radius 3 is 2.64 bits per heavy atom. The van der Waals surface area contributed by atoms with Gasteiger partial charge in [0.15, 0.2) is 0 Å². The first-order chi connectivity index (χ1) is 16.0. The fourth-order valence-corrected chi connectivity index (χ4v) is 5.18. The number of pyridine rings is 1. The number of fused-ring (bicyclic) bond motifs is 1. The second-order valence-corrected chi connectivity index (χ2v) is 9.30. The molecule has 7 heteroatoms. The molecule has 1 fully saturated rings. The number of piperidine rings is 1. The summed E-state index contributed by atoms with van der Waals surface area (Å²) in [6, 6.07) is 6.01. The van der Waals surface area contributed by atoms with E-state index in [9.17, 15) is 4.79 Å². The number of likely N-dealkylation sites (tertiary alicyclic amines) is 1. The van der Waals surface area contributed by atoms with E-state index in [0.717, 1.165) is 90.5 Å². The summed E-state index contributed by atoms with van der Waals surface area (Å²) in [4.78, 5) is 29.0. The maximum Gasteiger partial charge on any atom is 0.257 e. The molecule has 1 aliphatic heterocycles. The first kappa shape index (κ1) is 21.6. The van der Waals surface area contributed by atoms with Crippen LogP contribution in [0.15, 0.2) is 28.8 Å². The highest BCUT2D eigenvalue weighted by Crippen LogP contribution is 2.33. The quantitative estimate of drug-likeness (QED) is 0.606. The zero-order chi connectivity index (χ0) is 22.9. The van der Waals surface area contributed by atoms with Crippen molar-refractivity contribution in [2.24, 2.45) is 0 Å². The third-order valence-electron chi connectivity index (χ3n) is 6.71. The normalized spacial score (nSPS) is 18.2. The summed E-state index contributed by atoms with van der Waals surface area (Å²) in [6.07, 6.45) is 8.01. The van der Waals surface area contributed by atoms with E-state index in [1.54, 1.807) is 0 Å². The molecular formula is C26H31N5O2. The summed E-state index contributed by atoms with van der Waals surface area (Å²) in [7, 11) is 0. The monoisotopic (exact) mass is 445 g/mol. The molecule has 33 heavy (non-hydrogen) atoms. The van der Waals surface area contributed by atoms with Gasteiger partial charge in [0.25, 0.3) is 5.91 Å². The molecule has 3 aromatic rings. The highest BCUT2D eigenvalue weighted by atomic mass is 16.3. The number of amides is 1. The smallest absolute Gasteiger partial charge is 0.257 e. The molecule has 1 unspecified atom stereocenters. The largest absolute Gasteiger partial charge is 0.465 e. The van der Waals surface area contributed by atoms with Crippen LogP contribution in [0, 0.1) is 20.8 Å². The number of hydrogen-bond donors (Lipinski definition) is 1. The molecule has 1 aliphatic carbocycles. The first-order valence-electron chi connectivity index (χ1n) is 11.9. The number of anilines is 2. The predicted molar refractivity (Wildman–Crippen MR) is 127 cm³/mol. The third kappa shape index (κ3) is 4.49. The number of aromatic nitrogens is 3. The van der Waals surface area contributed by atoms with Crippen LogP contribution >= 0.6 is 0 Å². The molecule has 2 aliphatic rings. The lowest BCUT2D eigenvalue weighted by atomic mass is 9.91. The molecule has 0 saturated carbocycles. The minimum atomic E-state index is 0.120. The van der Waals surface area contributed by atoms with Crippen molar-refractivity contribution in [3.63, 3.8) is 0 Å². The van der Waals surface area contributed by atoms with Gasteiger partial charge in [-0.25, -0.2) is 9.97 Å². The molecular weight excluding hydrogens is 414 g/mol. The van der Waals surface area contributed by atoms with Gasteiger partial charge in [0.2, 0.25) is 5.95 Å². The van der Waals surface area contributed by atoms with Crippen LogP contribution < -0.4 is 5.32 Å². The van der Waals surface area contributed by atoms with Gasteiger partial charge in [-0.3, -0.25) is 9.78 Å². The second kappa shape index (κ2) is 8.96. The first-order valence-corrected chi connectivity index (χ1v) is 11.9. The number of nitrogens with zero attached hydrogens (tertiary/aromatic N) is 4. The Morgan fingerprint density at radius 1 is 1.09 bits per heavy atom. The summed E-state index contributed by atoms with van der Waals surface area (Å²) in [5.41, 5.74) is 5.68. The highest BCUT2D eigenvalue weighted by Gasteiger charge is 2.31. The number of carbonyl (C=O) groups excluding carboxylic acids is 1. The van der Waals surface area contributed by atoms with Gasteiger partial charge in [-0.1, -0.05) is 0 Å². The van der Waals surface area contributed by atoms with Crippen LogP contribution in [0.5, 0.6) is 0 Å². The standard InChI is InChI=1S/C26H31N5O2/c1-16-13-17(2)29-26(28-16)30-20-10-11-22(27-14-20)19-7-6-12-31(15-19)25(32)24-18(3)33-23-9-5-4-8-21(23)24/h10-11,13-14,19H,4-9,12,15H2,1-3H3,(H,28,29,30). The Hall–Kier alpha value is -3.22. The number of furan rings is 1. The van der Waals surface area contributed by atoms with E-state index in [2.05, 4.69) is 21.4 Å². The van der Waals surface area contributed by atoms with Crippen molar-refractivity contribution in [3.8, 4) is 0 Å². The van der Waals surface area contributed by atoms with Gasteiger partial charge in [0.05, 0.1) is 17.4 Å². The third-order valence-corrected chi connectivity index (χ3v) is 6.71. The summed E-state index contributed by atoms with van der Waals surface area (Å²) in [5.74, 6) is 2.73. The number of hydrogen-bond acceptors (Lipinski definition) is 6. The van der Waals surface area contributed by atoms with Gasteiger partial charge in [0.1, 0.15) is 11.5 Å². The zero-order valence-electron chi connectivity index (χ0n) is 19.6. The molecule has 172 valence electrons. The summed E-state index contributed by atoms with van der Waals surface area (Å²) >= 11 is 0. The predicted octanol–water partition coefficient (Wildman–Crippen LogP) is 5.03. The lowest BCUT2D eigenvalue weighted by molar-refractivity contribution is 0.0703. The molecule has 5 rings (SSSR count). The molecule has 1 N–H and O–H groups in total. The fourth-order valence-electron chi connectivity index (χ4n) is 5.18. The van der Waals surface area contributed by atoms with Crippen LogP contribution in [-0.4, -0.2) is 38.8 Å². The lowest BCUT2D eigenvalue weighted by Gasteiger charge is -2.33. The molecule has 1 atom stereocenters. The van der Waals surface area contributed by atoms with Crippen molar-refractivity contribution in [2.45, 2.75) is 65.2 Å².